The molecule has 0 spiro atoms. The Balaban J connectivity index is 1.83. The fraction of sp³-hybridized carbons (Fsp3) is 0.533. The first-order chi connectivity index (χ1) is 9.16. The predicted molar refractivity (Wildman–Crippen MR) is 80.5 cm³/mol. The summed E-state index contributed by atoms with van der Waals surface area (Å²) >= 11 is 2.05. The van der Waals surface area contributed by atoms with Crippen molar-refractivity contribution in [2.45, 2.75) is 38.1 Å². The van der Waals surface area contributed by atoms with Gasteiger partial charge in [0.25, 0.3) is 5.91 Å². The van der Waals surface area contributed by atoms with Gasteiger partial charge in [-0.15, -0.1) is 0 Å². The van der Waals surface area contributed by atoms with E-state index in [0.29, 0.717) is 21.1 Å². The van der Waals surface area contributed by atoms with E-state index in [-0.39, 0.29) is 11.7 Å². The van der Waals surface area contributed by atoms with Gasteiger partial charge in [-0.1, -0.05) is 12.8 Å². The molecule has 0 unspecified atom stereocenters. The molecule has 2 nitrogen and oxygen atoms in total. The molecule has 1 aromatic rings. The van der Waals surface area contributed by atoms with Gasteiger partial charge in [-0.25, -0.2) is 4.39 Å². The van der Waals surface area contributed by atoms with Crippen LogP contribution in [-0.4, -0.2) is 23.4 Å². The van der Waals surface area contributed by atoms with Crippen molar-refractivity contribution in [1.82, 2.24) is 4.90 Å². The summed E-state index contributed by atoms with van der Waals surface area (Å²) < 4.78 is 13.8. The van der Waals surface area contributed by atoms with E-state index in [1.165, 1.54) is 31.4 Å². The molecule has 1 saturated carbocycles. The number of fused-ring (bicyclic) bond motifs is 1. The van der Waals surface area contributed by atoms with Crippen LogP contribution in [0.4, 0.5) is 4.39 Å². The number of halogens is 2. The van der Waals surface area contributed by atoms with Crippen LogP contribution in [0.15, 0.2) is 18.2 Å². The smallest absolute Gasteiger partial charge is 0.255 e. The molecular weight excluding hydrogens is 356 g/mol. The second-order valence-corrected chi connectivity index (χ2v) is 6.69. The first-order valence-electron chi connectivity index (χ1n) is 6.93. The van der Waals surface area contributed by atoms with Crippen LogP contribution in [0.2, 0.25) is 0 Å². The van der Waals surface area contributed by atoms with Crippen molar-refractivity contribution in [2.75, 3.05) is 6.54 Å². The van der Waals surface area contributed by atoms with Crippen molar-refractivity contribution in [3.8, 4) is 0 Å². The molecule has 0 bridgehead atoms. The molecule has 0 radical (unpaired) electrons. The third-order valence-electron chi connectivity index (χ3n) is 4.43. The Kier molecular flexibility index (Phi) is 3.78. The summed E-state index contributed by atoms with van der Waals surface area (Å²) in [4.78, 5) is 14.7. The van der Waals surface area contributed by atoms with E-state index < -0.39 is 0 Å². The molecule has 2 fully saturated rings. The molecule has 0 N–H and O–H groups in total. The molecule has 2 atom stereocenters. The molecule has 0 aromatic heterocycles. The molecule has 3 rings (SSSR count). The zero-order valence-corrected chi connectivity index (χ0v) is 12.9. The van der Waals surface area contributed by atoms with Crippen LogP contribution in [0.3, 0.4) is 0 Å². The molecular formula is C15H17FINO. The van der Waals surface area contributed by atoms with Gasteiger partial charge in [-0.05, 0) is 66.0 Å². The number of carbonyl (C=O) groups is 1. The minimum Gasteiger partial charge on any atom is -0.335 e. The van der Waals surface area contributed by atoms with Crippen LogP contribution < -0.4 is 0 Å². The molecule has 1 heterocycles. The van der Waals surface area contributed by atoms with Gasteiger partial charge in [0, 0.05) is 16.2 Å². The maximum Gasteiger partial charge on any atom is 0.255 e. The lowest BCUT2D eigenvalue weighted by Gasteiger charge is -2.31. The first-order valence-corrected chi connectivity index (χ1v) is 8.00. The molecule has 102 valence electrons. The highest BCUT2D eigenvalue weighted by atomic mass is 127. The van der Waals surface area contributed by atoms with Crippen molar-refractivity contribution in [3.05, 3.63) is 33.1 Å². The number of rotatable bonds is 1. The summed E-state index contributed by atoms with van der Waals surface area (Å²) in [6.45, 7) is 0.863. The average molecular weight is 373 g/mol. The standard InChI is InChI=1S/C15H17FINO/c16-11-5-6-12(13(17)9-11)15(19)18-8-7-10-3-1-2-4-14(10)18/h5-6,9-10,14H,1-4,7-8H2/t10-,14-/m0/s1. The van der Waals surface area contributed by atoms with E-state index in [1.54, 1.807) is 6.07 Å². The van der Waals surface area contributed by atoms with E-state index in [1.807, 2.05) is 27.5 Å². The zero-order valence-electron chi connectivity index (χ0n) is 10.7. The number of amides is 1. The Morgan fingerprint density at radius 1 is 1.26 bits per heavy atom. The molecule has 1 aliphatic carbocycles. The monoisotopic (exact) mass is 373 g/mol. The third kappa shape index (κ3) is 2.51. The minimum absolute atomic E-state index is 0.0822. The van der Waals surface area contributed by atoms with Crippen LogP contribution in [0.5, 0.6) is 0 Å². The Hall–Kier alpha value is -0.650. The van der Waals surface area contributed by atoms with Gasteiger partial charge in [0.2, 0.25) is 0 Å². The third-order valence-corrected chi connectivity index (χ3v) is 5.32. The van der Waals surface area contributed by atoms with E-state index >= 15 is 0 Å². The van der Waals surface area contributed by atoms with Crippen molar-refractivity contribution in [3.63, 3.8) is 0 Å². The van der Waals surface area contributed by atoms with Gasteiger partial charge in [0.15, 0.2) is 0 Å². The topological polar surface area (TPSA) is 20.3 Å². The van der Waals surface area contributed by atoms with Crippen molar-refractivity contribution < 1.29 is 9.18 Å². The summed E-state index contributed by atoms with van der Waals surface area (Å²) in [6.07, 6.45) is 6.06. The highest BCUT2D eigenvalue weighted by molar-refractivity contribution is 14.1. The SMILES string of the molecule is O=C(c1ccc(F)cc1I)N1CC[C@@H]2CCCC[C@@H]21. The largest absolute Gasteiger partial charge is 0.335 e. The number of benzene rings is 1. The molecule has 4 heteroatoms. The lowest BCUT2D eigenvalue weighted by Crippen LogP contribution is -2.39. The second-order valence-electron chi connectivity index (χ2n) is 5.52. The molecule has 1 aliphatic heterocycles. The molecule has 1 aromatic carbocycles. The lowest BCUT2D eigenvalue weighted by molar-refractivity contribution is 0.0689. The van der Waals surface area contributed by atoms with E-state index in [0.717, 1.165) is 19.4 Å². The maximum absolute atomic E-state index is 13.1. The fourth-order valence-electron chi connectivity index (χ4n) is 3.48. The minimum atomic E-state index is -0.280. The molecule has 1 saturated heterocycles. The van der Waals surface area contributed by atoms with Gasteiger partial charge in [0.05, 0.1) is 5.56 Å². The Labute approximate surface area is 126 Å². The fourth-order valence-corrected chi connectivity index (χ4v) is 4.18. The highest BCUT2D eigenvalue weighted by Crippen LogP contribution is 2.37. The van der Waals surface area contributed by atoms with Crippen LogP contribution >= 0.6 is 22.6 Å². The summed E-state index contributed by atoms with van der Waals surface area (Å²) in [5.74, 6) is 0.493. The summed E-state index contributed by atoms with van der Waals surface area (Å²) in [6, 6.07) is 4.85. The Bertz CT molecular complexity index is 505. The van der Waals surface area contributed by atoms with Gasteiger partial charge in [0.1, 0.15) is 5.82 Å². The normalized spacial score (nSPS) is 26.3. The van der Waals surface area contributed by atoms with Crippen LogP contribution in [0.25, 0.3) is 0 Å². The highest BCUT2D eigenvalue weighted by Gasteiger charge is 2.38. The molecule has 1 amide bonds. The van der Waals surface area contributed by atoms with Gasteiger partial charge in [-0.3, -0.25) is 4.79 Å². The van der Waals surface area contributed by atoms with Gasteiger partial charge < -0.3 is 4.90 Å². The Morgan fingerprint density at radius 2 is 2.05 bits per heavy atom. The second kappa shape index (κ2) is 5.38. The van der Waals surface area contributed by atoms with Crippen LogP contribution in [0.1, 0.15) is 42.5 Å². The number of carbonyl (C=O) groups excluding carboxylic acids is 1. The van der Waals surface area contributed by atoms with Crippen molar-refractivity contribution in [1.29, 1.82) is 0 Å². The van der Waals surface area contributed by atoms with E-state index in [4.69, 9.17) is 0 Å². The van der Waals surface area contributed by atoms with E-state index in [9.17, 15) is 9.18 Å². The van der Waals surface area contributed by atoms with Crippen LogP contribution in [-0.2, 0) is 0 Å². The average Bonchev–Trinajstić information content (AvgIpc) is 2.82. The lowest BCUT2D eigenvalue weighted by atomic mass is 9.85. The zero-order chi connectivity index (χ0) is 13.4. The molecule has 19 heavy (non-hydrogen) atoms. The van der Waals surface area contributed by atoms with E-state index in [2.05, 4.69) is 0 Å². The summed E-state index contributed by atoms with van der Waals surface area (Å²) in [7, 11) is 0. The van der Waals surface area contributed by atoms with Crippen molar-refractivity contribution in [2.24, 2.45) is 5.92 Å². The summed E-state index contributed by atoms with van der Waals surface area (Å²) in [5, 5.41) is 0. The maximum atomic E-state index is 13.1. The van der Waals surface area contributed by atoms with Gasteiger partial charge in [-0.2, -0.15) is 0 Å². The van der Waals surface area contributed by atoms with Crippen molar-refractivity contribution >= 4 is 28.5 Å². The Morgan fingerprint density at radius 3 is 2.84 bits per heavy atom. The number of hydrogen-bond acceptors (Lipinski definition) is 1. The van der Waals surface area contributed by atoms with Crippen LogP contribution in [0, 0.1) is 15.3 Å². The predicted octanol–water partition coefficient (Wildman–Crippen LogP) is 3.84. The molecule has 2 aliphatic rings. The number of hydrogen-bond donors (Lipinski definition) is 0. The summed E-state index contributed by atoms with van der Waals surface area (Å²) in [5.41, 5.74) is 0.647. The van der Waals surface area contributed by atoms with Gasteiger partial charge >= 0.3 is 0 Å². The quantitative estimate of drug-likeness (QED) is 0.686. The number of nitrogens with zero attached hydrogens (tertiary/aromatic N) is 1. The first kappa shape index (κ1) is 13.3. The number of likely N-dealkylation sites (tertiary alicyclic amines) is 1.